The molecule has 10 nitrogen and oxygen atoms in total. The van der Waals surface area contributed by atoms with Crippen LogP contribution >= 0.6 is 21.6 Å². The largest absolute Gasteiger partial charge is 0.467 e. The first kappa shape index (κ1) is 21.4. The quantitative estimate of drug-likeness (QED) is 0.183. The van der Waals surface area contributed by atoms with E-state index in [2.05, 4.69) is 10.1 Å². The highest BCUT2D eigenvalue weighted by atomic mass is 33.1. The predicted molar refractivity (Wildman–Crippen MR) is 86.8 cm³/mol. The molecule has 6 atom stereocenters. The van der Waals surface area contributed by atoms with Crippen LogP contribution in [-0.4, -0.2) is 94.2 Å². The highest BCUT2D eigenvalue weighted by Crippen LogP contribution is 2.35. The zero-order chi connectivity index (χ0) is 18.3. The van der Waals surface area contributed by atoms with Gasteiger partial charge in [0, 0.05) is 5.75 Å². The van der Waals surface area contributed by atoms with Crippen LogP contribution in [0.1, 0.15) is 0 Å². The first-order chi connectivity index (χ1) is 11.3. The molecule has 1 aliphatic rings. The lowest BCUT2D eigenvalue weighted by atomic mass is 10.0. The number of methoxy groups -OCH3 is 1. The average molecular weight is 386 g/mol. The molecule has 12 heteroatoms. The van der Waals surface area contributed by atoms with Crippen molar-refractivity contribution in [1.82, 2.24) is 5.32 Å². The Morgan fingerprint density at radius 2 is 1.96 bits per heavy atom. The maximum atomic E-state index is 11.6. The summed E-state index contributed by atoms with van der Waals surface area (Å²) in [5, 5.41) is 40.8. The van der Waals surface area contributed by atoms with Crippen LogP contribution in [0.25, 0.3) is 0 Å². The van der Waals surface area contributed by atoms with Crippen molar-refractivity contribution < 1.29 is 39.5 Å². The maximum absolute atomic E-state index is 11.6. The number of esters is 1. The molecule has 1 heterocycles. The van der Waals surface area contributed by atoms with Crippen LogP contribution in [0.2, 0.25) is 0 Å². The summed E-state index contributed by atoms with van der Waals surface area (Å²) in [7, 11) is 3.26. The van der Waals surface area contributed by atoms with Crippen molar-refractivity contribution in [3.05, 3.63) is 0 Å². The van der Waals surface area contributed by atoms with Gasteiger partial charge in [0.15, 0.2) is 0 Å². The second-order valence-corrected chi connectivity index (χ2v) is 7.44. The second-order valence-electron chi connectivity index (χ2n) is 4.93. The normalized spacial score (nSPS) is 31.3. The van der Waals surface area contributed by atoms with Crippen molar-refractivity contribution in [2.75, 3.05) is 26.0 Å². The highest BCUT2D eigenvalue weighted by molar-refractivity contribution is 8.76. The standard InChI is InChI=1S/C12H22N2O8S2/c1-21-11(20)5(14-7(16)2-13)4-23-24-12-10(19)9(18)8(17)6(3-15)22-12/h5-6,8-10,12,15,17-19H,2-4,13H2,1H3,(H,14,16)/t5-,6+,8+,9-,10+,12-/m0/s1. The number of aliphatic hydroxyl groups excluding tert-OH is 4. The van der Waals surface area contributed by atoms with Gasteiger partial charge in [-0.25, -0.2) is 4.79 Å². The highest BCUT2D eigenvalue weighted by Gasteiger charge is 2.43. The van der Waals surface area contributed by atoms with Gasteiger partial charge in [-0.3, -0.25) is 4.79 Å². The zero-order valence-electron chi connectivity index (χ0n) is 12.9. The summed E-state index contributed by atoms with van der Waals surface area (Å²) in [6.45, 7) is -0.804. The number of nitrogens with two attached hydrogens (primary N) is 1. The third-order valence-corrected chi connectivity index (χ3v) is 5.82. The molecule has 140 valence electrons. The molecule has 1 fully saturated rings. The minimum atomic E-state index is -1.47. The van der Waals surface area contributed by atoms with Crippen molar-refractivity contribution in [3.8, 4) is 0 Å². The molecular formula is C12H22N2O8S2. The molecule has 0 bridgehead atoms. The topological polar surface area (TPSA) is 172 Å². The Labute approximate surface area is 146 Å². The Bertz CT molecular complexity index is 428. The lowest BCUT2D eigenvalue weighted by Crippen LogP contribution is -2.57. The monoisotopic (exact) mass is 386 g/mol. The fourth-order valence-electron chi connectivity index (χ4n) is 1.89. The Morgan fingerprint density at radius 1 is 1.29 bits per heavy atom. The lowest BCUT2D eigenvalue weighted by Gasteiger charge is -2.39. The summed E-state index contributed by atoms with van der Waals surface area (Å²) in [5.41, 5.74) is 4.24. The number of aliphatic hydroxyl groups is 4. The molecule has 0 radical (unpaired) electrons. The summed E-state index contributed by atoms with van der Waals surface area (Å²) in [6, 6.07) is -0.937. The molecule has 1 saturated heterocycles. The molecule has 1 aliphatic heterocycles. The van der Waals surface area contributed by atoms with Gasteiger partial charge in [-0.15, -0.1) is 0 Å². The van der Waals surface area contributed by atoms with E-state index in [9.17, 15) is 24.9 Å². The molecule has 0 spiro atoms. The van der Waals surface area contributed by atoms with Gasteiger partial charge in [0.1, 0.15) is 35.9 Å². The van der Waals surface area contributed by atoms with E-state index in [1.54, 1.807) is 0 Å². The number of amides is 1. The van der Waals surface area contributed by atoms with E-state index in [1.807, 2.05) is 0 Å². The summed E-state index contributed by atoms with van der Waals surface area (Å²) in [4.78, 5) is 22.9. The summed E-state index contributed by atoms with van der Waals surface area (Å²) >= 11 is 0. The molecule has 0 aromatic rings. The first-order valence-corrected chi connectivity index (χ1v) is 9.39. The van der Waals surface area contributed by atoms with E-state index in [0.717, 1.165) is 21.6 Å². The van der Waals surface area contributed by atoms with Gasteiger partial charge < -0.3 is 41.0 Å². The molecule has 0 saturated carbocycles. The van der Waals surface area contributed by atoms with Crippen LogP contribution in [-0.2, 0) is 19.1 Å². The number of ether oxygens (including phenoxy) is 2. The van der Waals surface area contributed by atoms with Crippen molar-refractivity contribution in [2.45, 2.75) is 35.9 Å². The number of hydrogen-bond acceptors (Lipinski definition) is 11. The second kappa shape index (κ2) is 10.4. The van der Waals surface area contributed by atoms with E-state index in [0.29, 0.717) is 0 Å². The van der Waals surface area contributed by atoms with Gasteiger partial charge in [-0.2, -0.15) is 0 Å². The molecule has 0 aliphatic carbocycles. The minimum absolute atomic E-state index is 0.0953. The molecule has 0 aromatic heterocycles. The Hall–Kier alpha value is -0.600. The van der Waals surface area contributed by atoms with E-state index in [-0.39, 0.29) is 12.3 Å². The molecule has 1 amide bonds. The van der Waals surface area contributed by atoms with Gasteiger partial charge in [-0.05, 0) is 0 Å². The van der Waals surface area contributed by atoms with Crippen LogP contribution in [0, 0.1) is 0 Å². The fourth-order valence-corrected chi connectivity index (χ4v) is 4.44. The Balaban J connectivity index is 2.56. The van der Waals surface area contributed by atoms with Gasteiger partial charge in [0.05, 0.1) is 20.3 Å². The molecule has 24 heavy (non-hydrogen) atoms. The smallest absolute Gasteiger partial charge is 0.329 e. The van der Waals surface area contributed by atoms with Crippen molar-refractivity contribution in [2.24, 2.45) is 5.73 Å². The van der Waals surface area contributed by atoms with Crippen molar-refractivity contribution >= 4 is 33.5 Å². The van der Waals surface area contributed by atoms with Gasteiger partial charge in [0.2, 0.25) is 5.91 Å². The lowest BCUT2D eigenvalue weighted by molar-refractivity contribution is -0.205. The third-order valence-electron chi connectivity index (χ3n) is 3.25. The predicted octanol–water partition coefficient (Wildman–Crippen LogP) is -3.22. The number of nitrogens with one attached hydrogen (secondary N) is 1. The van der Waals surface area contributed by atoms with Crippen molar-refractivity contribution in [3.63, 3.8) is 0 Å². The maximum Gasteiger partial charge on any atom is 0.329 e. The molecule has 7 N–H and O–H groups in total. The van der Waals surface area contributed by atoms with Crippen LogP contribution in [0.5, 0.6) is 0 Å². The average Bonchev–Trinajstić information content (AvgIpc) is 2.59. The van der Waals surface area contributed by atoms with Crippen LogP contribution in [0.15, 0.2) is 0 Å². The zero-order valence-corrected chi connectivity index (χ0v) is 14.5. The Kier molecular flexibility index (Phi) is 9.30. The number of carbonyl (C=O) groups is 2. The third kappa shape index (κ3) is 5.74. The number of carbonyl (C=O) groups excluding carboxylic acids is 2. The van der Waals surface area contributed by atoms with E-state index >= 15 is 0 Å². The molecule has 1 rings (SSSR count). The number of hydrogen-bond donors (Lipinski definition) is 6. The first-order valence-electron chi connectivity index (χ1n) is 7.01. The Morgan fingerprint density at radius 3 is 2.50 bits per heavy atom. The number of rotatable bonds is 8. The van der Waals surface area contributed by atoms with Crippen molar-refractivity contribution in [1.29, 1.82) is 0 Å². The van der Waals surface area contributed by atoms with Crippen LogP contribution in [0.3, 0.4) is 0 Å². The van der Waals surface area contributed by atoms with Gasteiger partial charge in [0.25, 0.3) is 0 Å². The van der Waals surface area contributed by atoms with Crippen LogP contribution in [0.4, 0.5) is 0 Å². The van der Waals surface area contributed by atoms with E-state index in [4.69, 9.17) is 15.6 Å². The molecule has 0 unspecified atom stereocenters. The van der Waals surface area contributed by atoms with Crippen LogP contribution < -0.4 is 11.1 Å². The van der Waals surface area contributed by atoms with E-state index in [1.165, 1.54) is 7.11 Å². The fraction of sp³-hybridized carbons (Fsp3) is 0.833. The van der Waals surface area contributed by atoms with Gasteiger partial charge in [-0.1, -0.05) is 21.6 Å². The SMILES string of the molecule is COC(=O)[C@H](CSS[C@@H]1O[C@H](CO)[C@@H](O)[C@H](O)[C@H]1O)NC(=O)CN. The summed E-state index contributed by atoms with van der Waals surface area (Å²) < 4.78 is 9.89. The summed E-state index contributed by atoms with van der Waals surface area (Å²) in [6.07, 6.45) is -5.29. The van der Waals surface area contributed by atoms with Gasteiger partial charge >= 0.3 is 5.97 Å². The minimum Gasteiger partial charge on any atom is -0.467 e. The molecule has 0 aromatic carbocycles. The van der Waals surface area contributed by atoms with E-state index < -0.39 is 54.4 Å². The molecular weight excluding hydrogens is 364 g/mol. The summed E-state index contributed by atoms with van der Waals surface area (Å²) in [5.74, 6) is -1.08.